The number of hydrogen-bond donors (Lipinski definition) is 1. The van der Waals surface area contributed by atoms with E-state index in [1.54, 1.807) is 37.9 Å². The Balaban J connectivity index is 1.15. The first-order chi connectivity index (χ1) is 28.8. The minimum atomic E-state index is -1.23. The largest absolute Gasteiger partial charge is 0.497 e. The van der Waals surface area contributed by atoms with E-state index in [-0.39, 0.29) is 24.1 Å². The molecule has 0 saturated carbocycles. The lowest BCUT2D eigenvalue weighted by atomic mass is 9.79. The van der Waals surface area contributed by atoms with Crippen LogP contribution < -0.4 is 20.9 Å². The smallest absolute Gasteiger partial charge is 0.351 e. The second kappa shape index (κ2) is 18.6. The molecule has 2 bridgehead atoms. The molecule has 3 aliphatic rings. The van der Waals surface area contributed by atoms with Gasteiger partial charge in [-0.1, -0.05) is 108 Å². The normalized spacial score (nSPS) is 22.0. The van der Waals surface area contributed by atoms with Crippen molar-refractivity contribution < 1.29 is 33.0 Å². The zero-order chi connectivity index (χ0) is 40.8. The average Bonchev–Trinajstić information content (AvgIpc) is 4.01. The number of aromatic nitrogens is 2. The minimum Gasteiger partial charge on any atom is -0.497 e. The van der Waals surface area contributed by atoms with E-state index in [0.29, 0.717) is 28.6 Å². The maximum Gasteiger partial charge on any atom is 0.351 e. The number of ether oxygens (including phenoxy) is 5. The number of benzene rings is 4. The summed E-state index contributed by atoms with van der Waals surface area (Å²) >= 11 is 3.03. The molecule has 308 valence electrons. The highest BCUT2D eigenvalue weighted by molar-refractivity contribution is 8.53. The topological polar surface area (TPSA) is 137 Å². The molecule has 0 radical (unpaired) electrons. The van der Waals surface area contributed by atoms with Gasteiger partial charge in [-0.3, -0.25) is 14.0 Å². The van der Waals surface area contributed by atoms with Crippen LogP contribution in [0.3, 0.4) is 0 Å². The summed E-state index contributed by atoms with van der Waals surface area (Å²) in [6.07, 6.45) is 1.58. The summed E-state index contributed by atoms with van der Waals surface area (Å²) in [4.78, 5) is 30.3. The monoisotopic (exact) mass is 854 g/mol. The fraction of sp³-hybridized carbons (Fsp3) is 0.341. The molecule has 3 fully saturated rings. The van der Waals surface area contributed by atoms with Gasteiger partial charge in [0.15, 0.2) is 13.7 Å². The summed E-state index contributed by atoms with van der Waals surface area (Å²) in [5.74, 6) is 2.87. The Kier molecular flexibility index (Phi) is 13.1. The van der Waals surface area contributed by atoms with Crippen LogP contribution in [0.2, 0.25) is 0 Å². The number of rotatable bonds is 17. The standard InChI is InChI=1S/C44H47N4O8PS2/c1-51-35-19-15-33(16-20-35)44(32-13-7-4-8-14-32,34-17-21-36(52-2)22-18-34)54-30-43-29-53-38(40(55-43)48-26-23-37(45)46-42(48)50)39(43)56-57(47-24-9-10-25-47)59-28-27-58-41(49)31-11-5-3-6-12-31/h3-8,11-23,26,38-40H,9-10,24-25,27-30H2,1-2H3,(H2,45,46,50)/t38-,39?,40+,43+,57?/m0/s1. The highest BCUT2D eigenvalue weighted by atomic mass is 32.7. The quantitative estimate of drug-likeness (QED) is 0.0561. The summed E-state index contributed by atoms with van der Waals surface area (Å²) in [6.45, 7) is 1.99. The first kappa shape index (κ1) is 41.5. The fourth-order valence-electron chi connectivity index (χ4n) is 7.85. The molecule has 0 aliphatic carbocycles. The van der Waals surface area contributed by atoms with Crippen LogP contribution in [-0.2, 0) is 24.3 Å². The second-order valence-corrected chi connectivity index (χ2v) is 19.1. The number of nitrogens with two attached hydrogens (primary N) is 1. The molecule has 0 amide bonds. The van der Waals surface area contributed by atoms with Crippen molar-refractivity contribution in [3.05, 3.63) is 154 Å². The van der Waals surface area contributed by atoms with Gasteiger partial charge in [-0.2, -0.15) is 4.98 Å². The van der Waals surface area contributed by atoms with E-state index in [4.69, 9.17) is 33.9 Å². The summed E-state index contributed by atoms with van der Waals surface area (Å²) in [6, 6.07) is 36.7. The number of hydrogen-bond acceptors (Lipinski definition) is 13. The fourth-order valence-corrected chi connectivity index (χ4v) is 13.2. The Morgan fingerprint density at radius 1 is 0.864 bits per heavy atom. The van der Waals surface area contributed by atoms with E-state index in [1.165, 1.54) is 16.3 Å². The van der Waals surface area contributed by atoms with Gasteiger partial charge in [0.25, 0.3) is 0 Å². The third-order valence-corrected chi connectivity index (χ3v) is 16.1. The van der Waals surface area contributed by atoms with Crippen molar-refractivity contribution in [2.24, 2.45) is 0 Å². The number of fused-ring (bicyclic) bond motifs is 2. The first-order valence-corrected chi connectivity index (χ1v) is 23.3. The van der Waals surface area contributed by atoms with Crippen molar-refractivity contribution in [2.45, 2.75) is 42.5 Å². The SMILES string of the molecule is COc1ccc(C(OC[C@]23CO[C@@H](C2OP(SCCSC(=O)c2ccccc2)N2CCCC2)[C@H](n2ccc(N)nc2=O)O3)(c2ccccc2)c2ccc(OC)cc2)cc1. The molecule has 0 spiro atoms. The van der Waals surface area contributed by atoms with Crippen LogP contribution in [-0.4, -0.2) is 89.2 Å². The number of carbonyl (C=O) groups excluding carboxylic acids is 1. The van der Waals surface area contributed by atoms with Crippen molar-refractivity contribution in [1.82, 2.24) is 14.2 Å². The maximum atomic E-state index is 13.4. The molecular weight excluding hydrogens is 808 g/mol. The lowest BCUT2D eigenvalue weighted by Gasteiger charge is -2.40. The van der Waals surface area contributed by atoms with Gasteiger partial charge in [0.05, 0.1) is 27.4 Å². The van der Waals surface area contributed by atoms with Gasteiger partial charge in [-0.05, 0) is 59.9 Å². The Morgan fingerprint density at radius 3 is 2.08 bits per heavy atom. The lowest BCUT2D eigenvalue weighted by molar-refractivity contribution is -0.203. The van der Waals surface area contributed by atoms with Crippen molar-refractivity contribution in [3.8, 4) is 11.5 Å². The van der Waals surface area contributed by atoms with Crippen molar-refractivity contribution >= 4 is 41.6 Å². The van der Waals surface area contributed by atoms with Crippen LogP contribution in [0.4, 0.5) is 5.82 Å². The Bertz CT molecular complexity index is 2180. The Hall–Kier alpha value is -4.24. The molecule has 3 aliphatic heterocycles. The maximum absolute atomic E-state index is 13.4. The van der Waals surface area contributed by atoms with Crippen LogP contribution in [0.15, 0.2) is 126 Å². The number of methoxy groups -OCH3 is 2. The van der Waals surface area contributed by atoms with E-state index in [0.717, 1.165) is 42.6 Å². The Morgan fingerprint density at radius 2 is 1.47 bits per heavy atom. The summed E-state index contributed by atoms with van der Waals surface area (Å²) in [7, 11) is 2.06. The van der Waals surface area contributed by atoms with Crippen molar-refractivity contribution in [1.29, 1.82) is 0 Å². The molecule has 1 aromatic heterocycles. The van der Waals surface area contributed by atoms with E-state index >= 15 is 0 Å². The third-order valence-electron chi connectivity index (χ3n) is 10.9. The van der Waals surface area contributed by atoms with Crippen LogP contribution in [0, 0.1) is 0 Å². The van der Waals surface area contributed by atoms with Gasteiger partial charge in [0.2, 0.25) is 5.12 Å². The molecule has 4 aromatic carbocycles. The summed E-state index contributed by atoms with van der Waals surface area (Å²) in [5.41, 5.74) is 6.39. The zero-order valence-electron chi connectivity index (χ0n) is 32.9. The van der Waals surface area contributed by atoms with E-state index in [9.17, 15) is 9.59 Å². The molecule has 5 atom stereocenters. The van der Waals surface area contributed by atoms with Gasteiger partial charge in [-0.15, -0.1) is 0 Å². The number of anilines is 1. The molecule has 5 aromatic rings. The van der Waals surface area contributed by atoms with E-state index in [1.807, 2.05) is 97.1 Å². The Labute approximate surface area is 353 Å². The molecule has 59 heavy (non-hydrogen) atoms. The highest BCUT2D eigenvalue weighted by Gasteiger charge is 2.65. The predicted molar refractivity (Wildman–Crippen MR) is 232 cm³/mol. The second-order valence-electron chi connectivity index (χ2n) is 14.4. The van der Waals surface area contributed by atoms with Gasteiger partial charge in [0.1, 0.15) is 40.7 Å². The van der Waals surface area contributed by atoms with Crippen LogP contribution >= 0.6 is 30.6 Å². The molecule has 12 nitrogen and oxygen atoms in total. The highest BCUT2D eigenvalue weighted by Crippen LogP contribution is 2.61. The molecule has 2 unspecified atom stereocenters. The van der Waals surface area contributed by atoms with Gasteiger partial charge >= 0.3 is 5.69 Å². The number of nitrogens with zero attached hydrogens (tertiary/aromatic N) is 3. The van der Waals surface area contributed by atoms with Gasteiger partial charge < -0.3 is 33.9 Å². The first-order valence-electron chi connectivity index (χ1n) is 19.5. The van der Waals surface area contributed by atoms with Gasteiger partial charge in [-0.25, -0.2) is 4.79 Å². The number of thioether (sulfide) groups is 1. The summed E-state index contributed by atoms with van der Waals surface area (Å²) < 4.78 is 43.2. The minimum absolute atomic E-state index is 0.0318. The lowest BCUT2D eigenvalue weighted by Crippen LogP contribution is -2.49. The zero-order valence-corrected chi connectivity index (χ0v) is 35.4. The van der Waals surface area contributed by atoms with Crippen LogP contribution in [0.25, 0.3) is 0 Å². The number of nitrogen functional groups attached to an aromatic ring is 1. The van der Waals surface area contributed by atoms with E-state index < -0.39 is 42.8 Å². The van der Waals surface area contributed by atoms with Gasteiger partial charge in [0, 0.05) is 36.4 Å². The van der Waals surface area contributed by atoms with Crippen molar-refractivity contribution in [2.75, 3.05) is 57.8 Å². The number of carbonyl (C=O) groups is 1. The molecule has 4 heterocycles. The summed E-state index contributed by atoms with van der Waals surface area (Å²) in [5, 5.41) is 0.0466. The average molecular weight is 855 g/mol. The van der Waals surface area contributed by atoms with Crippen molar-refractivity contribution in [3.63, 3.8) is 0 Å². The van der Waals surface area contributed by atoms with Crippen LogP contribution in [0.1, 0.15) is 46.1 Å². The molecular formula is C44H47N4O8PS2. The molecule has 15 heteroatoms. The molecule has 3 saturated heterocycles. The molecule has 2 N–H and O–H groups in total. The molecule has 8 rings (SSSR count). The third kappa shape index (κ3) is 8.69. The predicted octanol–water partition coefficient (Wildman–Crippen LogP) is 7.53. The van der Waals surface area contributed by atoms with Crippen LogP contribution in [0.5, 0.6) is 11.5 Å². The van der Waals surface area contributed by atoms with E-state index in [2.05, 4.69) is 21.8 Å².